The van der Waals surface area contributed by atoms with Gasteiger partial charge in [0.15, 0.2) is 17.6 Å². The van der Waals surface area contributed by atoms with Crippen LogP contribution in [0.5, 0.6) is 0 Å². The summed E-state index contributed by atoms with van der Waals surface area (Å²) in [5, 5.41) is 8.34. The van der Waals surface area contributed by atoms with Gasteiger partial charge in [0.1, 0.15) is 5.82 Å². The molecule has 2 aromatic rings. The summed E-state index contributed by atoms with van der Waals surface area (Å²) in [4.78, 5) is 35.4. The number of ether oxygens (including phenoxy) is 1. The molecule has 3 aliphatic heterocycles. The lowest BCUT2D eigenvalue weighted by Gasteiger charge is -2.27. The van der Waals surface area contributed by atoms with Crippen molar-refractivity contribution in [2.24, 2.45) is 4.99 Å². The Labute approximate surface area is 200 Å². The Bertz CT molecular complexity index is 1250. The minimum Gasteiger partial charge on any atom is -0.374 e. The van der Waals surface area contributed by atoms with E-state index in [1.807, 2.05) is 0 Å². The molecule has 2 amide bonds. The molecule has 1 saturated carbocycles. The first-order valence-electron chi connectivity index (χ1n) is 11.7. The van der Waals surface area contributed by atoms with Crippen molar-refractivity contribution in [2.45, 2.75) is 37.3 Å². The molecule has 1 aromatic heterocycles. The Morgan fingerprint density at radius 3 is 2.77 bits per heavy atom. The molecular formula is C24H24F2N6O3. The van der Waals surface area contributed by atoms with Gasteiger partial charge in [0.2, 0.25) is 0 Å². The first-order valence-corrected chi connectivity index (χ1v) is 11.7. The number of fused-ring (bicyclic) bond motifs is 2. The molecule has 4 aliphatic rings. The molecule has 0 spiro atoms. The number of guanidine groups is 1. The van der Waals surface area contributed by atoms with E-state index in [0.29, 0.717) is 37.8 Å². The maximum atomic E-state index is 15.4. The zero-order valence-corrected chi connectivity index (χ0v) is 18.8. The monoisotopic (exact) mass is 482 g/mol. The number of aromatic nitrogens is 1. The van der Waals surface area contributed by atoms with Gasteiger partial charge in [-0.15, -0.1) is 0 Å². The van der Waals surface area contributed by atoms with Crippen molar-refractivity contribution >= 4 is 29.3 Å². The summed E-state index contributed by atoms with van der Waals surface area (Å²) >= 11 is 0. The average Bonchev–Trinajstić information content (AvgIpc) is 3.20. The number of halogens is 2. The Morgan fingerprint density at radius 2 is 2.09 bits per heavy atom. The Hall–Kier alpha value is -3.60. The van der Waals surface area contributed by atoms with Crippen LogP contribution in [0.2, 0.25) is 0 Å². The lowest BCUT2D eigenvalue weighted by molar-refractivity contribution is 0.0256. The fourth-order valence-electron chi connectivity index (χ4n) is 4.89. The van der Waals surface area contributed by atoms with Crippen molar-refractivity contribution in [1.29, 1.82) is 0 Å². The molecule has 2 saturated heterocycles. The number of aliphatic imine (C=N–C) groups is 1. The standard InChI is InChI=1S/C24H24F2N6O3/c25-18-8-13(22(33)31-24-28-5-6-29-24)7-17(12-1-2-12)20(18)30-21-19(26)16(3-4-27-21)23(34)32-10-15-9-14(32)11-35-15/h3-4,7-8,12,14-15H,1-2,5-6,9-11H2,(H,27,30)(H2,28,29,31,33). The van der Waals surface area contributed by atoms with Gasteiger partial charge >= 0.3 is 0 Å². The second-order valence-corrected chi connectivity index (χ2v) is 9.26. The number of nitrogens with one attached hydrogen (secondary N) is 3. The topological polar surface area (TPSA) is 108 Å². The van der Waals surface area contributed by atoms with Gasteiger partial charge in [-0.1, -0.05) is 0 Å². The first kappa shape index (κ1) is 21.9. The first-order chi connectivity index (χ1) is 17.0. The lowest BCUT2D eigenvalue weighted by Crippen LogP contribution is -2.41. The van der Waals surface area contributed by atoms with E-state index in [1.165, 1.54) is 12.3 Å². The summed E-state index contributed by atoms with van der Waals surface area (Å²) in [6.07, 6.45) is 3.75. The molecular weight excluding hydrogens is 458 g/mol. The number of morpholine rings is 1. The van der Waals surface area contributed by atoms with Gasteiger partial charge in [-0.2, -0.15) is 0 Å². The number of nitrogens with zero attached hydrogens (tertiary/aromatic N) is 3. The van der Waals surface area contributed by atoms with Crippen LogP contribution in [0.1, 0.15) is 51.5 Å². The SMILES string of the molecule is O=C(NC1=NCCN1)c1cc(F)c(Nc2nccc(C(=O)N3CC4CC3CO4)c2F)c(C2CC2)c1. The zero-order valence-electron chi connectivity index (χ0n) is 18.8. The third kappa shape index (κ3) is 4.09. The van der Waals surface area contributed by atoms with E-state index in [-0.39, 0.29) is 40.7 Å². The highest BCUT2D eigenvalue weighted by Crippen LogP contribution is 2.45. The zero-order chi connectivity index (χ0) is 24.1. The van der Waals surface area contributed by atoms with Crippen LogP contribution in [0.4, 0.5) is 20.3 Å². The van der Waals surface area contributed by atoms with Crippen LogP contribution in [-0.2, 0) is 4.74 Å². The molecule has 6 rings (SSSR count). The van der Waals surface area contributed by atoms with Crippen LogP contribution in [0.25, 0.3) is 0 Å². The Kier molecular flexibility index (Phi) is 5.36. The molecule has 11 heteroatoms. The molecule has 2 bridgehead atoms. The van der Waals surface area contributed by atoms with Crippen molar-refractivity contribution in [3.8, 4) is 0 Å². The molecule has 1 aromatic carbocycles. The van der Waals surface area contributed by atoms with Crippen LogP contribution in [0.3, 0.4) is 0 Å². The van der Waals surface area contributed by atoms with Gasteiger partial charge in [0.25, 0.3) is 11.8 Å². The summed E-state index contributed by atoms with van der Waals surface area (Å²) in [5.74, 6) is -2.28. The smallest absolute Gasteiger partial charge is 0.258 e. The van der Waals surface area contributed by atoms with Gasteiger partial charge in [-0.3, -0.25) is 19.9 Å². The average molecular weight is 482 g/mol. The summed E-state index contributed by atoms with van der Waals surface area (Å²) < 4.78 is 36.2. The maximum absolute atomic E-state index is 15.4. The molecule has 2 atom stereocenters. The number of carbonyl (C=O) groups is 2. The lowest BCUT2D eigenvalue weighted by atomic mass is 10.0. The highest BCUT2D eigenvalue weighted by Gasteiger charge is 2.42. The van der Waals surface area contributed by atoms with Crippen LogP contribution < -0.4 is 16.0 Å². The summed E-state index contributed by atoms with van der Waals surface area (Å²) in [6, 6.07) is 4.00. The van der Waals surface area contributed by atoms with Gasteiger partial charge in [0, 0.05) is 24.8 Å². The van der Waals surface area contributed by atoms with Gasteiger partial charge < -0.3 is 20.3 Å². The van der Waals surface area contributed by atoms with Crippen LogP contribution in [0.15, 0.2) is 29.4 Å². The normalized spacial score (nSPS) is 22.7. The molecule has 2 unspecified atom stereocenters. The van der Waals surface area contributed by atoms with Crippen LogP contribution >= 0.6 is 0 Å². The molecule has 9 nitrogen and oxygen atoms in total. The van der Waals surface area contributed by atoms with Crippen molar-refractivity contribution < 1.29 is 23.1 Å². The number of amides is 2. The minimum absolute atomic E-state index is 0.00567. The second-order valence-electron chi connectivity index (χ2n) is 9.26. The van der Waals surface area contributed by atoms with Gasteiger partial charge in [-0.25, -0.2) is 13.8 Å². The number of hydrogen-bond donors (Lipinski definition) is 3. The van der Waals surface area contributed by atoms with E-state index >= 15 is 8.78 Å². The van der Waals surface area contributed by atoms with Crippen molar-refractivity contribution in [3.05, 3.63) is 52.7 Å². The number of pyridine rings is 1. The Morgan fingerprint density at radius 1 is 1.23 bits per heavy atom. The van der Waals surface area contributed by atoms with Crippen molar-refractivity contribution in [3.63, 3.8) is 0 Å². The molecule has 3 fully saturated rings. The maximum Gasteiger partial charge on any atom is 0.258 e. The van der Waals surface area contributed by atoms with Crippen LogP contribution in [0, 0.1) is 11.6 Å². The highest BCUT2D eigenvalue weighted by molar-refractivity contribution is 6.06. The van der Waals surface area contributed by atoms with E-state index in [4.69, 9.17) is 4.74 Å². The third-order valence-electron chi connectivity index (χ3n) is 6.83. The van der Waals surface area contributed by atoms with E-state index in [1.54, 1.807) is 11.0 Å². The largest absolute Gasteiger partial charge is 0.374 e. The summed E-state index contributed by atoms with van der Waals surface area (Å²) in [5.41, 5.74) is 0.660. The van der Waals surface area contributed by atoms with E-state index in [2.05, 4.69) is 25.9 Å². The molecule has 182 valence electrons. The number of hydrogen-bond acceptors (Lipinski definition) is 7. The predicted molar refractivity (Wildman–Crippen MR) is 123 cm³/mol. The van der Waals surface area contributed by atoms with Crippen molar-refractivity contribution in [2.75, 3.05) is 31.6 Å². The molecule has 0 radical (unpaired) electrons. The highest BCUT2D eigenvalue weighted by atomic mass is 19.1. The fourth-order valence-corrected chi connectivity index (χ4v) is 4.89. The second kappa shape index (κ2) is 8.56. The van der Waals surface area contributed by atoms with E-state index < -0.39 is 23.4 Å². The number of carbonyl (C=O) groups excluding carboxylic acids is 2. The number of rotatable bonds is 5. The summed E-state index contributed by atoms with van der Waals surface area (Å²) in [6.45, 7) is 2.08. The molecule has 1 aliphatic carbocycles. The number of anilines is 2. The van der Waals surface area contributed by atoms with E-state index in [0.717, 1.165) is 25.3 Å². The number of likely N-dealkylation sites (tertiary alicyclic amines) is 1. The van der Waals surface area contributed by atoms with Crippen molar-refractivity contribution in [1.82, 2.24) is 20.5 Å². The van der Waals surface area contributed by atoms with Gasteiger partial charge in [-0.05, 0) is 48.9 Å². The van der Waals surface area contributed by atoms with E-state index in [9.17, 15) is 9.59 Å². The van der Waals surface area contributed by atoms with Gasteiger partial charge in [0.05, 0.1) is 36.5 Å². The predicted octanol–water partition coefficient (Wildman–Crippen LogP) is 2.28. The quantitative estimate of drug-likeness (QED) is 0.604. The number of benzene rings is 1. The summed E-state index contributed by atoms with van der Waals surface area (Å²) in [7, 11) is 0. The molecule has 4 heterocycles. The fraction of sp³-hybridized carbons (Fsp3) is 0.417. The minimum atomic E-state index is -0.838. The third-order valence-corrected chi connectivity index (χ3v) is 6.83. The molecule has 35 heavy (non-hydrogen) atoms. The molecule has 3 N–H and O–H groups in total. The van der Waals surface area contributed by atoms with Crippen LogP contribution in [-0.4, -0.2) is 66.0 Å². The Balaban J connectivity index is 1.27.